The number of aliphatic carboxylic acids is 1. The first-order chi connectivity index (χ1) is 9.47. The zero-order chi connectivity index (χ0) is 14.7. The van der Waals surface area contributed by atoms with E-state index < -0.39 is 11.9 Å². The first kappa shape index (κ1) is 14.4. The van der Waals surface area contributed by atoms with Gasteiger partial charge in [0.15, 0.2) is 0 Å². The largest absolute Gasteiger partial charge is 0.508 e. The van der Waals surface area contributed by atoms with Gasteiger partial charge in [0, 0.05) is 6.04 Å². The number of phenolic OH excluding ortho intramolecular Hbond substituents is 1. The van der Waals surface area contributed by atoms with Gasteiger partial charge < -0.3 is 15.5 Å². The fourth-order valence-electron chi connectivity index (χ4n) is 2.23. The number of amides is 1. The van der Waals surface area contributed by atoms with Gasteiger partial charge in [-0.3, -0.25) is 9.59 Å². The number of rotatable bonds is 6. The van der Waals surface area contributed by atoms with E-state index in [1.165, 1.54) is 0 Å². The second-order valence-electron chi connectivity index (χ2n) is 5.40. The average molecular weight is 277 g/mol. The average Bonchev–Trinajstić information content (AvgIpc) is 3.18. The third-order valence-corrected chi connectivity index (χ3v) is 3.64. The highest BCUT2D eigenvalue weighted by molar-refractivity contribution is 5.89. The van der Waals surface area contributed by atoms with E-state index in [2.05, 4.69) is 5.32 Å². The highest BCUT2D eigenvalue weighted by Crippen LogP contribution is 2.38. The van der Waals surface area contributed by atoms with Crippen LogP contribution in [0.5, 0.6) is 5.75 Å². The molecule has 1 aliphatic rings. The maximum absolute atomic E-state index is 11.8. The van der Waals surface area contributed by atoms with Crippen LogP contribution in [0, 0.1) is 11.8 Å². The summed E-state index contributed by atoms with van der Waals surface area (Å²) >= 11 is 0. The van der Waals surface area contributed by atoms with Crippen molar-refractivity contribution in [1.82, 2.24) is 5.32 Å². The van der Waals surface area contributed by atoms with Crippen LogP contribution in [-0.4, -0.2) is 28.1 Å². The second-order valence-corrected chi connectivity index (χ2v) is 5.40. The number of aryl methyl sites for hydroxylation is 1. The smallest absolute Gasteiger partial charge is 0.307 e. The molecule has 0 bridgehead atoms. The summed E-state index contributed by atoms with van der Waals surface area (Å²) in [5.74, 6) is -1.66. The number of carbonyl (C=O) groups is 2. The molecular weight excluding hydrogens is 258 g/mol. The molecule has 2 rings (SSSR count). The number of hydrogen-bond donors (Lipinski definition) is 3. The molecule has 20 heavy (non-hydrogen) atoms. The van der Waals surface area contributed by atoms with Gasteiger partial charge in [-0.25, -0.2) is 0 Å². The summed E-state index contributed by atoms with van der Waals surface area (Å²) < 4.78 is 0. The quantitative estimate of drug-likeness (QED) is 0.736. The van der Waals surface area contributed by atoms with Gasteiger partial charge in [-0.15, -0.1) is 0 Å². The molecule has 0 radical (unpaired) electrons. The zero-order valence-corrected chi connectivity index (χ0v) is 11.4. The lowest BCUT2D eigenvalue weighted by Gasteiger charge is -2.13. The minimum absolute atomic E-state index is 0.00588. The summed E-state index contributed by atoms with van der Waals surface area (Å²) in [5, 5.41) is 20.8. The Labute approximate surface area is 117 Å². The Morgan fingerprint density at radius 3 is 2.50 bits per heavy atom. The molecule has 108 valence electrons. The molecule has 1 saturated carbocycles. The summed E-state index contributed by atoms with van der Waals surface area (Å²) in [7, 11) is 0. The number of hydrogen-bond acceptors (Lipinski definition) is 3. The third kappa shape index (κ3) is 3.73. The molecule has 1 aliphatic carbocycles. The standard InChI is InChI=1S/C15H19NO4/c1-9(2-3-10-4-6-11(17)7-5-10)16-14(18)12-8-13(12)15(19)20/h4-7,9,12-13,17H,2-3,8H2,1H3,(H,16,18)(H,19,20)/t9?,12-,13+/m1/s1. The molecule has 5 heteroatoms. The Kier molecular flexibility index (Phi) is 4.27. The lowest BCUT2D eigenvalue weighted by atomic mass is 10.1. The van der Waals surface area contributed by atoms with E-state index in [9.17, 15) is 14.7 Å². The van der Waals surface area contributed by atoms with Gasteiger partial charge in [0.05, 0.1) is 11.8 Å². The molecule has 1 amide bonds. The normalized spacial score (nSPS) is 22.1. The van der Waals surface area contributed by atoms with Crippen LogP contribution in [0.15, 0.2) is 24.3 Å². The third-order valence-electron chi connectivity index (χ3n) is 3.64. The molecule has 5 nitrogen and oxygen atoms in total. The van der Waals surface area contributed by atoms with Crippen molar-refractivity contribution < 1.29 is 19.8 Å². The van der Waals surface area contributed by atoms with Crippen molar-refractivity contribution in [2.24, 2.45) is 11.8 Å². The second kappa shape index (κ2) is 5.94. The number of aromatic hydroxyl groups is 1. The minimum atomic E-state index is -0.887. The summed E-state index contributed by atoms with van der Waals surface area (Å²) in [6, 6.07) is 6.99. The van der Waals surface area contributed by atoms with Crippen molar-refractivity contribution in [1.29, 1.82) is 0 Å². The van der Waals surface area contributed by atoms with E-state index in [0.29, 0.717) is 6.42 Å². The first-order valence-electron chi connectivity index (χ1n) is 6.78. The van der Waals surface area contributed by atoms with Gasteiger partial charge in [-0.1, -0.05) is 12.1 Å². The van der Waals surface area contributed by atoms with Crippen molar-refractivity contribution in [2.45, 2.75) is 32.2 Å². The Hall–Kier alpha value is -2.04. The molecule has 1 fully saturated rings. The topological polar surface area (TPSA) is 86.6 Å². The summed E-state index contributed by atoms with van der Waals surface area (Å²) in [6.07, 6.45) is 2.03. The van der Waals surface area contributed by atoms with Crippen LogP contribution in [-0.2, 0) is 16.0 Å². The lowest BCUT2D eigenvalue weighted by molar-refractivity contribution is -0.140. The summed E-state index contributed by atoms with van der Waals surface area (Å²) in [6.45, 7) is 1.91. The van der Waals surface area contributed by atoms with Gasteiger partial charge in [0.2, 0.25) is 5.91 Å². The molecule has 0 spiro atoms. The van der Waals surface area contributed by atoms with E-state index >= 15 is 0 Å². The van der Waals surface area contributed by atoms with Crippen LogP contribution >= 0.6 is 0 Å². The van der Waals surface area contributed by atoms with Crippen molar-refractivity contribution in [2.75, 3.05) is 0 Å². The number of carbonyl (C=O) groups excluding carboxylic acids is 1. The zero-order valence-electron chi connectivity index (χ0n) is 11.4. The van der Waals surface area contributed by atoms with Gasteiger partial charge >= 0.3 is 5.97 Å². The number of benzene rings is 1. The van der Waals surface area contributed by atoms with Crippen molar-refractivity contribution in [3.63, 3.8) is 0 Å². The fourth-order valence-corrected chi connectivity index (χ4v) is 2.23. The molecule has 0 aliphatic heterocycles. The molecule has 0 heterocycles. The molecule has 1 aromatic carbocycles. The minimum Gasteiger partial charge on any atom is -0.508 e. The maximum Gasteiger partial charge on any atom is 0.307 e. The Morgan fingerprint density at radius 1 is 1.30 bits per heavy atom. The fraction of sp³-hybridized carbons (Fsp3) is 0.467. The number of phenols is 1. The van der Waals surface area contributed by atoms with Gasteiger partial charge in [0.25, 0.3) is 0 Å². The first-order valence-corrected chi connectivity index (χ1v) is 6.78. The summed E-state index contributed by atoms with van der Waals surface area (Å²) in [5.41, 5.74) is 1.10. The highest BCUT2D eigenvalue weighted by Gasteiger charge is 2.48. The van der Waals surface area contributed by atoms with Crippen LogP contribution in [0.2, 0.25) is 0 Å². The predicted octanol–water partition coefficient (Wildman–Crippen LogP) is 1.55. The molecule has 3 atom stereocenters. The van der Waals surface area contributed by atoms with Crippen molar-refractivity contribution in [3.8, 4) is 5.75 Å². The Bertz CT molecular complexity index is 497. The van der Waals surface area contributed by atoms with E-state index in [0.717, 1.165) is 18.4 Å². The molecule has 1 unspecified atom stereocenters. The van der Waals surface area contributed by atoms with Gasteiger partial charge in [-0.2, -0.15) is 0 Å². The lowest BCUT2D eigenvalue weighted by Crippen LogP contribution is -2.34. The monoisotopic (exact) mass is 277 g/mol. The van der Waals surface area contributed by atoms with Crippen molar-refractivity contribution >= 4 is 11.9 Å². The predicted molar refractivity (Wildman–Crippen MR) is 73.3 cm³/mol. The highest BCUT2D eigenvalue weighted by atomic mass is 16.4. The molecular formula is C15H19NO4. The molecule has 3 N–H and O–H groups in total. The van der Waals surface area contributed by atoms with Crippen molar-refractivity contribution in [3.05, 3.63) is 29.8 Å². The number of carboxylic acid groups (broad SMARTS) is 1. The molecule has 0 aromatic heterocycles. The summed E-state index contributed by atoms with van der Waals surface area (Å²) in [4.78, 5) is 22.5. The maximum atomic E-state index is 11.8. The SMILES string of the molecule is CC(CCc1ccc(O)cc1)NC(=O)[C@@H]1C[C@@H]1C(=O)O. The molecule has 1 aromatic rings. The van der Waals surface area contributed by atoms with E-state index in [1.54, 1.807) is 12.1 Å². The number of carboxylic acids is 1. The van der Waals surface area contributed by atoms with Gasteiger partial charge in [0.1, 0.15) is 5.75 Å². The Morgan fingerprint density at radius 2 is 1.95 bits per heavy atom. The van der Waals surface area contributed by atoms with Crippen LogP contribution in [0.25, 0.3) is 0 Å². The van der Waals surface area contributed by atoms with E-state index in [1.807, 2.05) is 19.1 Å². The molecule has 0 saturated heterocycles. The van der Waals surface area contributed by atoms with Crippen LogP contribution in [0.4, 0.5) is 0 Å². The van der Waals surface area contributed by atoms with Crippen LogP contribution < -0.4 is 5.32 Å². The van der Waals surface area contributed by atoms with Crippen LogP contribution in [0.1, 0.15) is 25.3 Å². The van der Waals surface area contributed by atoms with E-state index in [-0.39, 0.29) is 23.6 Å². The van der Waals surface area contributed by atoms with Gasteiger partial charge in [-0.05, 0) is 43.9 Å². The number of nitrogens with one attached hydrogen (secondary N) is 1. The van der Waals surface area contributed by atoms with E-state index in [4.69, 9.17) is 5.11 Å². The Balaban J connectivity index is 1.73. The van der Waals surface area contributed by atoms with Crippen LogP contribution in [0.3, 0.4) is 0 Å².